The van der Waals surface area contributed by atoms with E-state index in [9.17, 15) is 4.79 Å². The molecule has 6 heteroatoms. The van der Waals surface area contributed by atoms with Crippen LogP contribution in [-0.2, 0) is 11.3 Å². The van der Waals surface area contributed by atoms with Crippen molar-refractivity contribution in [3.63, 3.8) is 0 Å². The maximum atomic E-state index is 11.5. The van der Waals surface area contributed by atoms with Crippen LogP contribution in [0.2, 0.25) is 0 Å². The number of hydrogen-bond donors (Lipinski definition) is 1. The standard InChI is InChI=1S/C8H15N5O/c1-9-3-4-12(2)8(14)5-13-7-10-6-11-13/h6-7,9H,3-5H2,1-2H3. The third-order valence-electron chi connectivity index (χ3n) is 1.89. The number of likely N-dealkylation sites (N-methyl/N-ethyl adjacent to an activating group) is 2. The zero-order valence-electron chi connectivity index (χ0n) is 8.47. The summed E-state index contributed by atoms with van der Waals surface area (Å²) in [4.78, 5) is 17.0. The van der Waals surface area contributed by atoms with Gasteiger partial charge in [-0.15, -0.1) is 0 Å². The minimum Gasteiger partial charge on any atom is -0.343 e. The Kier molecular flexibility index (Phi) is 4.06. The van der Waals surface area contributed by atoms with Gasteiger partial charge >= 0.3 is 0 Å². The largest absolute Gasteiger partial charge is 0.343 e. The van der Waals surface area contributed by atoms with Crippen molar-refractivity contribution in [2.45, 2.75) is 6.54 Å². The minimum atomic E-state index is 0.0331. The van der Waals surface area contributed by atoms with Crippen molar-refractivity contribution < 1.29 is 4.79 Å². The minimum absolute atomic E-state index is 0.0331. The summed E-state index contributed by atoms with van der Waals surface area (Å²) in [7, 11) is 3.63. The highest BCUT2D eigenvalue weighted by molar-refractivity contribution is 5.75. The Balaban J connectivity index is 2.34. The molecule has 0 atom stereocenters. The van der Waals surface area contributed by atoms with E-state index in [1.165, 1.54) is 17.3 Å². The number of carbonyl (C=O) groups is 1. The molecule has 6 nitrogen and oxygen atoms in total. The Morgan fingerprint density at radius 2 is 2.43 bits per heavy atom. The lowest BCUT2D eigenvalue weighted by Gasteiger charge is -2.16. The molecule has 0 saturated heterocycles. The van der Waals surface area contributed by atoms with Gasteiger partial charge in [-0.1, -0.05) is 0 Å². The van der Waals surface area contributed by atoms with Crippen LogP contribution in [-0.4, -0.2) is 52.8 Å². The van der Waals surface area contributed by atoms with Crippen molar-refractivity contribution >= 4 is 5.91 Å². The molecule has 1 rings (SSSR count). The molecular formula is C8H15N5O. The summed E-state index contributed by atoms with van der Waals surface area (Å²) in [6.07, 6.45) is 2.95. The molecule has 0 radical (unpaired) electrons. The summed E-state index contributed by atoms with van der Waals surface area (Å²) in [6.45, 7) is 1.74. The maximum Gasteiger partial charge on any atom is 0.244 e. The SMILES string of the molecule is CNCCN(C)C(=O)Cn1cncn1. The molecule has 1 aromatic rings. The normalized spacial score (nSPS) is 10.1. The second-order valence-electron chi connectivity index (χ2n) is 3.01. The van der Waals surface area contributed by atoms with E-state index in [0.717, 1.165) is 6.54 Å². The van der Waals surface area contributed by atoms with Crippen LogP contribution in [0.5, 0.6) is 0 Å². The number of nitrogens with zero attached hydrogens (tertiary/aromatic N) is 4. The van der Waals surface area contributed by atoms with Crippen LogP contribution in [0.1, 0.15) is 0 Å². The van der Waals surface area contributed by atoms with Crippen molar-refractivity contribution in [3.05, 3.63) is 12.7 Å². The number of hydrogen-bond acceptors (Lipinski definition) is 4. The first kappa shape index (κ1) is 10.6. The lowest BCUT2D eigenvalue weighted by Crippen LogP contribution is -2.35. The fourth-order valence-electron chi connectivity index (χ4n) is 0.978. The molecule has 0 aliphatic heterocycles. The molecule has 0 unspecified atom stereocenters. The molecule has 0 bridgehead atoms. The average Bonchev–Trinajstić information content (AvgIpc) is 2.66. The smallest absolute Gasteiger partial charge is 0.244 e. The molecule has 0 aliphatic carbocycles. The molecule has 14 heavy (non-hydrogen) atoms. The van der Waals surface area contributed by atoms with Gasteiger partial charge in [-0.05, 0) is 7.05 Å². The summed E-state index contributed by atoms with van der Waals surface area (Å²) in [6, 6.07) is 0. The van der Waals surface area contributed by atoms with E-state index in [1.807, 2.05) is 7.05 Å². The Hall–Kier alpha value is -1.43. The van der Waals surface area contributed by atoms with Crippen molar-refractivity contribution in [1.82, 2.24) is 25.0 Å². The van der Waals surface area contributed by atoms with Gasteiger partial charge in [-0.25, -0.2) is 9.67 Å². The van der Waals surface area contributed by atoms with Crippen LogP contribution < -0.4 is 5.32 Å². The molecule has 78 valence electrons. The highest BCUT2D eigenvalue weighted by atomic mass is 16.2. The van der Waals surface area contributed by atoms with E-state index >= 15 is 0 Å². The van der Waals surface area contributed by atoms with Crippen LogP contribution in [0.4, 0.5) is 0 Å². The predicted octanol–water partition coefficient (Wildman–Crippen LogP) is -1.04. The van der Waals surface area contributed by atoms with Crippen LogP contribution in [0.25, 0.3) is 0 Å². The third kappa shape index (κ3) is 3.14. The molecule has 1 aromatic heterocycles. The van der Waals surface area contributed by atoms with Crippen molar-refractivity contribution in [2.75, 3.05) is 27.2 Å². The monoisotopic (exact) mass is 197 g/mol. The Bertz CT molecular complexity index is 271. The van der Waals surface area contributed by atoms with Crippen molar-refractivity contribution in [2.24, 2.45) is 0 Å². The summed E-state index contributed by atoms with van der Waals surface area (Å²) in [5.74, 6) is 0.0331. The van der Waals surface area contributed by atoms with Crippen molar-refractivity contribution in [3.8, 4) is 0 Å². The van der Waals surface area contributed by atoms with Gasteiger partial charge < -0.3 is 10.2 Å². The molecule has 0 aromatic carbocycles. The quantitative estimate of drug-likeness (QED) is 0.654. The highest BCUT2D eigenvalue weighted by Gasteiger charge is 2.08. The van der Waals surface area contributed by atoms with Gasteiger partial charge in [0.1, 0.15) is 19.2 Å². The van der Waals surface area contributed by atoms with Crippen LogP contribution in [0.3, 0.4) is 0 Å². The lowest BCUT2D eigenvalue weighted by molar-refractivity contribution is -0.130. The summed E-state index contributed by atoms with van der Waals surface area (Å²) in [5.41, 5.74) is 0. The molecule has 1 heterocycles. The second kappa shape index (κ2) is 5.33. The van der Waals surface area contributed by atoms with Crippen LogP contribution >= 0.6 is 0 Å². The molecule has 0 aliphatic rings. The molecule has 0 fully saturated rings. The van der Waals surface area contributed by atoms with Gasteiger partial charge in [0.2, 0.25) is 5.91 Å². The number of rotatable bonds is 5. The maximum absolute atomic E-state index is 11.5. The summed E-state index contributed by atoms with van der Waals surface area (Å²) >= 11 is 0. The molecule has 0 spiro atoms. The third-order valence-corrected chi connectivity index (χ3v) is 1.89. The molecule has 0 saturated carbocycles. The van der Waals surface area contributed by atoms with Gasteiger partial charge in [0.05, 0.1) is 0 Å². The van der Waals surface area contributed by atoms with E-state index < -0.39 is 0 Å². The Labute approximate surface area is 82.9 Å². The van der Waals surface area contributed by atoms with E-state index in [-0.39, 0.29) is 12.5 Å². The second-order valence-corrected chi connectivity index (χ2v) is 3.01. The number of carbonyl (C=O) groups excluding carboxylic acids is 1. The van der Waals surface area contributed by atoms with E-state index in [1.54, 1.807) is 11.9 Å². The summed E-state index contributed by atoms with van der Waals surface area (Å²) in [5, 5.41) is 6.85. The zero-order chi connectivity index (χ0) is 10.4. The lowest BCUT2D eigenvalue weighted by atomic mass is 10.5. The highest BCUT2D eigenvalue weighted by Crippen LogP contribution is 1.88. The zero-order valence-corrected chi connectivity index (χ0v) is 8.47. The first-order chi connectivity index (χ1) is 6.74. The van der Waals surface area contributed by atoms with E-state index in [2.05, 4.69) is 15.4 Å². The van der Waals surface area contributed by atoms with Crippen LogP contribution in [0, 0.1) is 0 Å². The van der Waals surface area contributed by atoms with E-state index in [4.69, 9.17) is 0 Å². The van der Waals surface area contributed by atoms with Gasteiger partial charge in [-0.3, -0.25) is 4.79 Å². The first-order valence-electron chi connectivity index (χ1n) is 4.45. The molecule has 1 N–H and O–H groups in total. The average molecular weight is 197 g/mol. The summed E-state index contributed by atoms with van der Waals surface area (Å²) < 4.78 is 1.51. The van der Waals surface area contributed by atoms with E-state index in [0.29, 0.717) is 6.54 Å². The fraction of sp³-hybridized carbons (Fsp3) is 0.625. The van der Waals surface area contributed by atoms with Gasteiger partial charge in [-0.2, -0.15) is 5.10 Å². The first-order valence-corrected chi connectivity index (χ1v) is 4.45. The van der Waals surface area contributed by atoms with Gasteiger partial charge in [0.25, 0.3) is 0 Å². The van der Waals surface area contributed by atoms with Gasteiger partial charge in [0.15, 0.2) is 0 Å². The predicted molar refractivity (Wildman–Crippen MR) is 51.6 cm³/mol. The fourth-order valence-corrected chi connectivity index (χ4v) is 0.978. The van der Waals surface area contributed by atoms with Crippen molar-refractivity contribution in [1.29, 1.82) is 0 Å². The number of nitrogens with one attached hydrogen (secondary N) is 1. The Morgan fingerprint density at radius 3 is 3.00 bits per heavy atom. The van der Waals surface area contributed by atoms with Crippen LogP contribution in [0.15, 0.2) is 12.7 Å². The Morgan fingerprint density at radius 1 is 1.64 bits per heavy atom. The molecular weight excluding hydrogens is 182 g/mol. The number of amides is 1. The molecule has 1 amide bonds. The topological polar surface area (TPSA) is 63.1 Å². The number of aromatic nitrogens is 3. The van der Waals surface area contributed by atoms with Gasteiger partial charge in [0, 0.05) is 20.1 Å².